The van der Waals surface area contributed by atoms with Gasteiger partial charge in [-0.1, -0.05) is 16.8 Å². The molecule has 2 bridgehead atoms. The molecule has 0 spiro atoms. The molecular formula is C14H13ClN2O3. The van der Waals surface area contributed by atoms with E-state index in [4.69, 9.17) is 20.9 Å². The van der Waals surface area contributed by atoms with Crippen LogP contribution in [-0.2, 0) is 4.74 Å². The Bertz CT molecular complexity index is 658. The molecule has 0 amide bonds. The summed E-state index contributed by atoms with van der Waals surface area (Å²) < 4.78 is 11.1. The van der Waals surface area contributed by atoms with Crippen LogP contribution in [0.25, 0.3) is 11.5 Å². The fourth-order valence-electron chi connectivity index (χ4n) is 3.05. The van der Waals surface area contributed by atoms with Crippen molar-refractivity contribution in [2.24, 2.45) is 0 Å². The van der Waals surface area contributed by atoms with Gasteiger partial charge in [0.2, 0.25) is 0 Å². The summed E-state index contributed by atoms with van der Waals surface area (Å²) in [6.07, 6.45) is 3.77. The Morgan fingerprint density at radius 3 is 2.90 bits per heavy atom. The summed E-state index contributed by atoms with van der Waals surface area (Å²) in [5, 5.41) is 13.8. The summed E-state index contributed by atoms with van der Waals surface area (Å²) in [4.78, 5) is 4.45. The van der Waals surface area contributed by atoms with Crippen molar-refractivity contribution >= 4 is 11.6 Å². The second-order valence-corrected chi connectivity index (χ2v) is 5.75. The van der Waals surface area contributed by atoms with Crippen LogP contribution in [0.5, 0.6) is 5.75 Å². The SMILES string of the molecule is Oc1ccc(-c2nc(C3CC4CCC3O4)no2)cc1Cl. The maximum Gasteiger partial charge on any atom is 0.257 e. The zero-order valence-electron chi connectivity index (χ0n) is 10.6. The van der Waals surface area contributed by atoms with Crippen LogP contribution in [0.1, 0.15) is 31.0 Å². The fourth-order valence-corrected chi connectivity index (χ4v) is 3.23. The van der Waals surface area contributed by atoms with Crippen LogP contribution in [0.4, 0.5) is 0 Å². The molecule has 3 unspecified atom stereocenters. The van der Waals surface area contributed by atoms with Crippen LogP contribution >= 0.6 is 11.6 Å². The topological polar surface area (TPSA) is 68.4 Å². The Kier molecular flexibility index (Phi) is 2.72. The van der Waals surface area contributed by atoms with E-state index in [-0.39, 0.29) is 22.8 Å². The van der Waals surface area contributed by atoms with Gasteiger partial charge in [-0.25, -0.2) is 0 Å². The molecular weight excluding hydrogens is 280 g/mol. The van der Waals surface area contributed by atoms with Crippen molar-refractivity contribution in [3.8, 4) is 17.2 Å². The summed E-state index contributed by atoms with van der Waals surface area (Å²) in [7, 11) is 0. The predicted octanol–water partition coefficient (Wildman–Crippen LogP) is 3.13. The number of halogens is 1. The average Bonchev–Trinajstić information content (AvgIpc) is 3.16. The van der Waals surface area contributed by atoms with Crippen LogP contribution < -0.4 is 0 Å². The first-order valence-electron chi connectivity index (χ1n) is 6.68. The Morgan fingerprint density at radius 1 is 1.30 bits per heavy atom. The molecule has 2 saturated heterocycles. The molecule has 20 heavy (non-hydrogen) atoms. The zero-order valence-corrected chi connectivity index (χ0v) is 11.4. The van der Waals surface area contributed by atoms with Crippen LogP contribution in [0.3, 0.4) is 0 Å². The van der Waals surface area contributed by atoms with Gasteiger partial charge in [0.25, 0.3) is 5.89 Å². The molecule has 0 saturated carbocycles. The molecule has 1 aromatic heterocycles. The van der Waals surface area contributed by atoms with Crippen LogP contribution in [-0.4, -0.2) is 27.5 Å². The van der Waals surface area contributed by atoms with E-state index in [0.29, 0.717) is 23.4 Å². The maximum absolute atomic E-state index is 9.42. The van der Waals surface area contributed by atoms with Crippen molar-refractivity contribution in [2.75, 3.05) is 0 Å². The Hall–Kier alpha value is -1.59. The Labute approximate surface area is 120 Å². The molecule has 0 aliphatic carbocycles. The van der Waals surface area contributed by atoms with Gasteiger partial charge in [0.05, 0.1) is 23.1 Å². The highest BCUT2D eigenvalue weighted by molar-refractivity contribution is 6.32. The summed E-state index contributed by atoms with van der Waals surface area (Å²) in [5.74, 6) is 1.40. The van der Waals surface area contributed by atoms with Gasteiger partial charge in [0.15, 0.2) is 5.82 Å². The first-order valence-corrected chi connectivity index (χ1v) is 7.06. The number of rotatable bonds is 2. The highest BCUT2D eigenvalue weighted by Crippen LogP contribution is 2.43. The van der Waals surface area contributed by atoms with Gasteiger partial charge in [-0.15, -0.1) is 0 Å². The molecule has 0 radical (unpaired) electrons. The van der Waals surface area contributed by atoms with E-state index in [1.807, 2.05) is 0 Å². The number of phenols is 1. The minimum atomic E-state index is 0.0386. The number of hydrogen-bond donors (Lipinski definition) is 1. The third-order valence-corrected chi connectivity index (χ3v) is 4.38. The summed E-state index contributed by atoms with van der Waals surface area (Å²) >= 11 is 5.89. The maximum atomic E-state index is 9.42. The number of ether oxygens (including phenoxy) is 1. The van der Waals surface area contributed by atoms with Crippen molar-refractivity contribution in [1.82, 2.24) is 10.1 Å². The molecule has 1 aromatic carbocycles. The van der Waals surface area contributed by atoms with Gasteiger partial charge < -0.3 is 14.4 Å². The smallest absolute Gasteiger partial charge is 0.257 e. The number of fused-ring (bicyclic) bond motifs is 2. The van der Waals surface area contributed by atoms with Gasteiger partial charge in [0.1, 0.15) is 5.75 Å². The van der Waals surface area contributed by atoms with Gasteiger partial charge >= 0.3 is 0 Å². The molecule has 6 heteroatoms. The lowest BCUT2D eigenvalue weighted by Crippen LogP contribution is -2.15. The molecule has 2 aliphatic heterocycles. The normalized spacial score (nSPS) is 28.1. The number of hydrogen-bond acceptors (Lipinski definition) is 5. The number of nitrogens with zero attached hydrogens (tertiary/aromatic N) is 2. The van der Waals surface area contributed by atoms with Crippen molar-refractivity contribution in [3.63, 3.8) is 0 Å². The summed E-state index contributed by atoms with van der Waals surface area (Å²) in [6, 6.07) is 4.84. The van der Waals surface area contributed by atoms with E-state index in [9.17, 15) is 5.11 Å². The molecule has 3 heterocycles. The van der Waals surface area contributed by atoms with Crippen molar-refractivity contribution in [2.45, 2.75) is 37.4 Å². The standard InChI is InChI=1S/C14H13ClN2O3/c15-10-5-7(1-3-11(10)18)14-16-13(17-20-14)9-6-8-2-4-12(9)19-8/h1,3,5,8-9,12,18H,2,4,6H2. The number of aromatic nitrogens is 2. The molecule has 3 atom stereocenters. The minimum Gasteiger partial charge on any atom is -0.506 e. The van der Waals surface area contributed by atoms with E-state index >= 15 is 0 Å². The third kappa shape index (κ3) is 1.89. The van der Waals surface area contributed by atoms with E-state index in [1.165, 1.54) is 6.07 Å². The number of phenolic OH excluding ortho intramolecular Hbond substituents is 1. The largest absolute Gasteiger partial charge is 0.506 e. The van der Waals surface area contributed by atoms with E-state index in [0.717, 1.165) is 19.3 Å². The van der Waals surface area contributed by atoms with Crippen LogP contribution in [0.2, 0.25) is 5.02 Å². The third-order valence-electron chi connectivity index (χ3n) is 4.07. The fraction of sp³-hybridized carbons (Fsp3) is 0.429. The van der Waals surface area contributed by atoms with Gasteiger partial charge in [-0.2, -0.15) is 4.98 Å². The highest BCUT2D eigenvalue weighted by atomic mass is 35.5. The minimum absolute atomic E-state index is 0.0386. The molecule has 2 aliphatic rings. The van der Waals surface area contributed by atoms with Crippen LogP contribution in [0.15, 0.2) is 22.7 Å². The Balaban J connectivity index is 1.63. The number of benzene rings is 1. The molecule has 104 valence electrons. The lowest BCUT2D eigenvalue weighted by atomic mass is 9.89. The van der Waals surface area contributed by atoms with Gasteiger partial charge in [-0.05, 0) is 37.5 Å². The first kappa shape index (κ1) is 12.2. The number of aromatic hydroxyl groups is 1. The lowest BCUT2D eigenvalue weighted by molar-refractivity contribution is 0.0996. The second kappa shape index (κ2) is 4.46. The molecule has 5 nitrogen and oxygen atoms in total. The Morgan fingerprint density at radius 2 is 2.20 bits per heavy atom. The zero-order chi connectivity index (χ0) is 13.7. The molecule has 4 rings (SSSR count). The van der Waals surface area contributed by atoms with Gasteiger partial charge in [0, 0.05) is 5.56 Å². The lowest BCUT2D eigenvalue weighted by Gasteiger charge is -2.13. The van der Waals surface area contributed by atoms with Crippen LogP contribution in [0, 0.1) is 0 Å². The molecule has 1 N–H and O–H groups in total. The summed E-state index contributed by atoms with van der Waals surface area (Å²) in [5.41, 5.74) is 0.704. The summed E-state index contributed by atoms with van der Waals surface area (Å²) in [6.45, 7) is 0. The van der Waals surface area contributed by atoms with Gasteiger partial charge in [-0.3, -0.25) is 0 Å². The van der Waals surface area contributed by atoms with E-state index in [2.05, 4.69) is 10.1 Å². The average molecular weight is 293 g/mol. The molecule has 2 aromatic rings. The van der Waals surface area contributed by atoms with Crippen molar-refractivity contribution in [1.29, 1.82) is 0 Å². The first-order chi connectivity index (χ1) is 9.70. The van der Waals surface area contributed by atoms with E-state index < -0.39 is 0 Å². The van der Waals surface area contributed by atoms with E-state index in [1.54, 1.807) is 12.1 Å². The molecule has 2 fully saturated rings. The predicted molar refractivity (Wildman–Crippen MR) is 71.7 cm³/mol. The van der Waals surface area contributed by atoms with Crippen molar-refractivity contribution in [3.05, 3.63) is 29.0 Å². The van der Waals surface area contributed by atoms with Crippen molar-refractivity contribution < 1.29 is 14.4 Å². The second-order valence-electron chi connectivity index (χ2n) is 5.34. The monoisotopic (exact) mass is 292 g/mol. The highest BCUT2D eigenvalue weighted by Gasteiger charge is 2.43. The quantitative estimate of drug-likeness (QED) is 0.921.